The van der Waals surface area contributed by atoms with Crippen molar-refractivity contribution in [2.45, 2.75) is 53.0 Å². The van der Waals surface area contributed by atoms with E-state index >= 15 is 0 Å². The molecule has 2 atom stereocenters. The van der Waals surface area contributed by atoms with Crippen LogP contribution in [0.3, 0.4) is 0 Å². The average Bonchev–Trinajstić information content (AvgIpc) is 2.13. The van der Waals surface area contributed by atoms with Gasteiger partial charge >= 0.3 is 0 Å². The summed E-state index contributed by atoms with van der Waals surface area (Å²) < 4.78 is 0. The van der Waals surface area contributed by atoms with E-state index in [9.17, 15) is 4.79 Å². The molecular weight excluding hydrogens is 188 g/mol. The lowest BCUT2D eigenvalue weighted by Gasteiger charge is -2.15. The fourth-order valence-electron chi connectivity index (χ4n) is 1.47. The number of carbonyl (C=O) groups excluding carboxylic acids is 1. The van der Waals surface area contributed by atoms with Gasteiger partial charge in [0, 0.05) is 19.0 Å². The van der Waals surface area contributed by atoms with Crippen LogP contribution in [-0.4, -0.2) is 18.5 Å². The van der Waals surface area contributed by atoms with Crippen LogP contribution in [0.15, 0.2) is 0 Å². The summed E-state index contributed by atoms with van der Waals surface area (Å²) >= 11 is 0. The van der Waals surface area contributed by atoms with E-state index in [2.05, 4.69) is 33.0 Å². The lowest BCUT2D eigenvalue weighted by atomic mass is 10.0. The van der Waals surface area contributed by atoms with Crippen molar-refractivity contribution in [3.05, 3.63) is 0 Å². The smallest absolute Gasteiger partial charge is 0.220 e. The van der Waals surface area contributed by atoms with Crippen molar-refractivity contribution in [2.24, 2.45) is 17.6 Å². The molecule has 0 rings (SSSR count). The normalized spacial score (nSPS) is 15.1. The third kappa shape index (κ3) is 8.43. The van der Waals surface area contributed by atoms with Gasteiger partial charge in [0.05, 0.1) is 0 Å². The second-order valence-electron chi connectivity index (χ2n) is 4.91. The molecule has 0 heterocycles. The molecule has 1 amide bonds. The van der Waals surface area contributed by atoms with Gasteiger partial charge in [-0.3, -0.25) is 4.79 Å². The summed E-state index contributed by atoms with van der Waals surface area (Å²) in [5.74, 6) is 1.18. The molecule has 0 aromatic carbocycles. The molecule has 0 aromatic heterocycles. The lowest BCUT2D eigenvalue weighted by molar-refractivity contribution is -0.122. The minimum absolute atomic E-state index is 0.0888. The Hall–Kier alpha value is -0.570. The fraction of sp³-hybridized carbons (Fsp3) is 0.917. The first-order valence-corrected chi connectivity index (χ1v) is 5.97. The van der Waals surface area contributed by atoms with Crippen molar-refractivity contribution < 1.29 is 4.79 Å². The molecular formula is C12H26N2O. The summed E-state index contributed by atoms with van der Waals surface area (Å²) in [6.45, 7) is 9.07. The highest BCUT2D eigenvalue weighted by molar-refractivity contribution is 5.76. The van der Waals surface area contributed by atoms with Crippen LogP contribution in [0.4, 0.5) is 0 Å². The summed E-state index contributed by atoms with van der Waals surface area (Å²) in [6.07, 6.45) is 2.62. The highest BCUT2D eigenvalue weighted by Gasteiger charge is 2.09. The van der Waals surface area contributed by atoms with Crippen LogP contribution in [0.1, 0.15) is 47.0 Å². The third-order valence-corrected chi connectivity index (χ3v) is 2.57. The Labute approximate surface area is 93.8 Å². The maximum absolute atomic E-state index is 11.4. The van der Waals surface area contributed by atoms with E-state index in [0.717, 1.165) is 12.8 Å². The Kier molecular flexibility index (Phi) is 7.39. The van der Waals surface area contributed by atoms with Crippen LogP contribution in [0, 0.1) is 11.8 Å². The van der Waals surface area contributed by atoms with Crippen molar-refractivity contribution in [3.8, 4) is 0 Å². The Morgan fingerprint density at radius 3 is 2.40 bits per heavy atom. The van der Waals surface area contributed by atoms with Gasteiger partial charge in [-0.1, -0.05) is 34.1 Å². The minimum Gasteiger partial charge on any atom is -0.355 e. The quantitative estimate of drug-likeness (QED) is 0.680. The standard InChI is InChI=1S/C12H26N2O/c1-5-10(4)7-12(15)14-8-11(13)6-9(2)3/h9-11H,5-8,13H2,1-4H3,(H,14,15). The molecule has 2 unspecified atom stereocenters. The van der Waals surface area contributed by atoms with E-state index in [0.29, 0.717) is 24.8 Å². The molecule has 0 bridgehead atoms. The van der Waals surface area contributed by atoms with Crippen LogP contribution >= 0.6 is 0 Å². The van der Waals surface area contributed by atoms with E-state index in [1.165, 1.54) is 0 Å². The molecule has 15 heavy (non-hydrogen) atoms. The number of amides is 1. The molecule has 90 valence electrons. The van der Waals surface area contributed by atoms with Crippen molar-refractivity contribution in [2.75, 3.05) is 6.54 Å². The molecule has 0 aliphatic heterocycles. The van der Waals surface area contributed by atoms with Gasteiger partial charge in [0.15, 0.2) is 0 Å². The second-order valence-corrected chi connectivity index (χ2v) is 4.91. The van der Waals surface area contributed by atoms with Gasteiger partial charge in [-0.25, -0.2) is 0 Å². The van der Waals surface area contributed by atoms with Crippen LogP contribution in [0.25, 0.3) is 0 Å². The van der Waals surface area contributed by atoms with Crippen LogP contribution in [-0.2, 0) is 4.79 Å². The first-order valence-electron chi connectivity index (χ1n) is 5.97. The van der Waals surface area contributed by atoms with Crippen molar-refractivity contribution >= 4 is 5.91 Å². The van der Waals surface area contributed by atoms with Gasteiger partial charge < -0.3 is 11.1 Å². The van der Waals surface area contributed by atoms with E-state index in [1.807, 2.05) is 0 Å². The molecule has 0 aromatic rings. The number of rotatable bonds is 7. The largest absolute Gasteiger partial charge is 0.355 e. The van der Waals surface area contributed by atoms with E-state index in [-0.39, 0.29) is 11.9 Å². The van der Waals surface area contributed by atoms with E-state index in [4.69, 9.17) is 5.73 Å². The third-order valence-electron chi connectivity index (χ3n) is 2.57. The number of nitrogens with two attached hydrogens (primary N) is 1. The zero-order chi connectivity index (χ0) is 11.8. The molecule has 0 spiro atoms. The molecule has 3 nitrogen and oxygen atoms in total. The predicted octanol–water partition coefficient (Wildman–Crippen LogP) is 1.91. The van der Waals surface area contributed by atoms with Gasteiger partial charge in [-0.2, -0.15) is 0 Å². The Balaban J connectivity index is 3.61. The number of hydrogen-bond donors (Lipinski definition) is 2. The SMILES string of the molecule is CCC(C)CC(=O)NCC(N)CC(C)C. The molecule has 0 aliphatic rings. The van der Waals surface area contributed by atoms with E-state index in [1.54, 1.807) is 0 Å². The summed E-state index contributed by atoms with van der Waals surface area (Å²) in [6, 6.07) is 0.0888. The number of carbonyl (C=O) groups is 1. The van der Waals surface area contributed by atoms with Gasteiger partial charge in [-0.05, 0) is 18.3 Å². The lowest BCUT2D eigenvalue weighted by Crippen LogP contribution is -2.38. The summed E-state index contributed by atoms with van der Waals surface area (Å²) in [4.78, 5) is 11.4. The molecule has 0 fully saturated rings. The maximum atomic E-state index is 11.4. The highest BCUT2D eigenvalue weighted by atomic mass is 16.1. The van der Waals surface area contributed by atoms with Gasteiger partial charge in [0.1, 0.15) is 0 Å². The van der Waals surface area contributed by atoms with Crippen LogP contribution in [0.5, 0.6) is 0 Å². The van der Waals surface area contributed by atoms with Gasteiger partial charge in [0.25, 0.3) is 0 Å². The summed E-state index contributed by atoms with van der Waals surface area (Å²) in [5, 5.41) is 2.89. The molecule has 3 heteroatoms. The fourth-order valence-corrected chi connectivity index (χ4v) is 1.47. The number of hydrogen-bond acceptors (Lipinski definition) is 2. The number of nitrogens with one attached hydrogen (secondary N) is 1. The topological polar surface area (TPSA) is 55.1 Å². The summed E-state index contributed by atoms with van der Waals surface area (Å²) in [5.41, 5.74) is 5.87. The average molecular weight is 214 g/mol. The maximum Gasteiger partial charge on any atom is 0.220 e. The zero-order valence-electron chi connectivity index (χ0n) is 10.5. The highest BCUT2D eigenvalue weighted by Crippen LogP contribution is 2.06. The van der Waals surface area contributed by atoms with Crippen molar-refractivity contribution in [1.82, 2.24) is 5.32 Å². The zero-order valence-corrected chi connectivity index (χ0v) is 10.5. The first-order chi connectivity index (χ1) is 6.95. The van der Waals surface area contributed by atoms with Crippen LogP contribution in [0.2, 0.25) is 0 Å². The van der Waals surface area contributed by atoms with Crippen molar-refractivity contribution in [1.29, 1.82) is 0 Å². The molecule has 0 saturated heterocycles. The molecule has 0 radical (unpaired) electrons. The minimum atomic E-state index is 0.0888. The second kappa shape index (κ2) is 7.69. The Morgan fingerprint density at radius 1 is 1.33 bits per heavy atom. The predicted molar refractivity (Wildman–Crippen MR) is 64.5 cm³/mol. The molecule has 0 aliphatic carbocycles. The monoisotopic (exact) mass is 214 g/mol. The Morgan fingerprint density at radius 2 is 1.93 bits per heavy atom. The molecule has 0 saturated carbocycles. The van der Waals surface area contributed by atoms with Crippen LogP contribution < -0.4 is 11.1 Å². The van der Waals surface area contributed by atoms with Gasteiger partial charge in [-0.15, -0.1) is 0 Å². The first kappa shape index (κ1) is 14.4. The van der Waals surface area contributed by atoms with Gasteiger partial charge in [0.2, 0.25) is 5.91 Å². The molecule has 3 N–H and O–H groups in total. The van der Waals surface area contributed by atoms with Crippen molar-refractivity contribution in [3.63, 3.8) is 0 Å². The van der Waals surface area contributed by atoms with E-state index < -0.39 is 0 Å². The Bertz CT molecular complexity index is 180. The summed E-state index contributed by atoms with van der Waals surface area (Å²) in [7, 11) is 0.